The van der Waals surface area contributed by atoms with Crippen LogP contribution in [0.1, 0.15) is 26.3 Å². The number of alkyl carbamates (subject to hydrolysis) is 1. The van der Waals surface area contributed by atoms with Gasteiger partial charge in [0.25, 0.3) is 0 Å². The van der Waals surface area contributed by atoms with Gasteiger partial charge in [-0.2, -0.15) is 0 Å². The molecule has 1 aromatic carbocycles. The summed E-state index contributed by atoms with van der Waals surface area (Å²) in [6.07, 6.45) is -0.451. The van der Waals surface area contributed by atoms with Crippen LogP contribution in [-0.2, 0) is 11.3 Å². The van der Waals surface area contributed by atoms with Gasteiger partial charge in [-0.1, -0.05) is 6.07 Å². The minimum Gasteiger partial charge on any atom is -0.444 e. The second kappa shape index (κ2) is 4.95. The smallest absolute Gasteiger partial charge is 0.407 e. The zero-order valence-electron chi connectivity index (χ0n) is 10.4. The molecule has 0 fully saturated rings. The molecule has 1 aromatic rings. The van der Waals surface area contributed by atoms with Gasteiger partial charge in [-0.25, -0.2) is 4.79 Å². The quantitative estimate of drug-likeness (QED) is 0.685. The van der Waals surface area contributed by atoms with Crippen LogP contribution in [0.5, 0.6) is 0 Å². The van der Waals surface area contributed by atoms with Crippen molar-refractivity contribution in [2.75, 3.05) is 11.5 Å². The molecule has 0 heterocycles. The molecular formula is C12H19N3O2. The number of benzene rings is 1. The molecule has 0 bridgehead atoms. The standard InChI is InChI=1S/C12H19N3O2/c1-12(2,3)17-11(16)15-7-8-4-5-9(13)10(14)6-8/h4-6H,7,13-14H2,1-3H3,(H,15,16). The Morgan fingerprint density at radius 3 is 2.47 bits per heavy atom. The van der Waals surface area contributed by atoms with E-state index in [0.29, 0.717) is 17.9 Å². The maximum atomic E-state index is 11.4. The van der Waals surface area contributed by atoms with Gasteiger partial charge < -0.3 is 21.5 Å². The van der Waals surface area contributed by atoms with E-state index in [0.717, 1.165) is 5.56 Å². The number of carbonyl (C=O) groups is 1. The van der Waals surface area contributed by atoms with Crippen molar-refractivity contribution >= 4 is 17.5 Å². The summed E-state index contributed by atoms with van der Waals surface area (Å²) in [5.74, 6) is 0. The molecule has 0 saturated carbocycles. The summed E-state index contributed by atoms with van der Waals surface area (Å²) in [5, 5.41) is 2.64. The Morgan fingerprint density at radius 1 is 1.29 bits per heavy atom. The third-order valence-electron chi connectivity index (χ3n) is 1.99. The minimum absolute atomic E-state index is 0.361. The number of hydrogen-bond donors (Lipinski definition) is 3. The van der Waals surface area contributed by atoms with E-state index in [9.17, 15) is 4.79 Å². The van der Waals surface area contributed by atoms with E-state index in [1.54, 1.807) is 12.1 Å². The van der Waals surface area contributed by atoms with E-state index in [1.165, 1.54) is 0 Å². The molecule has 5 N–H and O–H groups in total. The highest BCUT2D eigenvalue weighted by atomic mass is 16.6. The van der Waals surface area contributed by atoms with Crippen LogP contribution in [0.4, 0.5) is 16.2 Å². The fourth-order valence-electron chi connectivity index (χ4n) is 1.22. The van der Waals surface area contributed by atoms with Crippen LogP contribution in [0.3, 0.4) is 0 Å². The Labute approximate surface area is 101 Å². The molecule has 5 heteroatoms. The predicted octanol–water partition coefficient (Wildman–Crippen LogP) is 1.88. The monoisotopic (exact) mass is 237 g/mol. The maximum absolute atomic E-state index is 11.4. The molecule has 0 radical (unpaired) electrons. The van der Waals surface area contributed by atoms with Gasteiger partial charge in [0.2, 0.25) is 0 Å². The van der Waals surface area contributed by atoms with Crippen molar-refractivity contribution in [2.24, 2.45) is 0 Å². The SMILES string of the molecule is CC(C)(C)OC(=O)NCc1ccc(N)c(N)c1. The summed E-state index contributed by atoms with van der Waals surface area (Å²) in [7, 11) is 0. The van der Waals surface area contributed by atoms with Gasteiger partial charge in [-0.15, -0.1) is 0 Å². The lowest BCUT2D eigenvalue weighted by Crippen LogP contribution is -2.32. The average molecular weight is 237 g/mol. The highest BCUT2D eigenvalue weighted by Gasteiger charge is 2.15. The first-order valence-electron chi connectivity index (χ1n) is 5.38. The summed E-state index contributed by atoms with van der Waals surface area (Å²) >= 11 is 0. The Morgan fingerprint density at radius 2 is 1.94 bits per heavy atom. The van der Waals surface area contributed by atoms with E-state index in [2.05, 4.69) is 5.32 Å². The first-order chi connectivity index (χ1) is 7.78. The molecule has 0 aliphatic heterocycles. The van der Waals surface area contributed by atoms with Crippen LogP contribution >= 0.6 is 0 Å². The van der Waals surface area contributed by atoms with Crippen LogP contribution in [0, 0.1) is 0 Å². The molecule has 94 valence electrons. The van der Waals surface area contributed by atoms with Gasteiger partial charge in [-0.05, 0) is 38.5 Å². The third kappa shape index (κ3) is 4.63. The van der Waals surface area contributed by atoms with Gasteiger partial charge in [0.15, 0.2) is 0 Å². The fraction of sp³-hybridized carbons (Fsp3) is 0.417. The number of anilines is 2. The number of rotatable bonds is 2. The van der Waals surface area contributed by atoms with Crippen LogP contribution in [0.25, 0.3) is 0 Å². The Hall–Kier alpha value is -1.91. The molecule has 17 heavy (non-hydrogen) atoms. The third-order valence-corrected chi connectivity index (χ3v) is 1.99. The molecule has 0 spiro atoms. The normalized spacial score (nSPS) is 11.0. The number of hydrogen-bond acceptors (Lipinski definition) is 4. The van der Waals surface area contributed by atoms with Crippen molar-refractivity contribution in [2.45, 2.75) is 32.9 Å². The average Bonchev–Trinajstić information content (AvgIpc) is 2.17. The van der Waals surface area contributed by atoms with Crippen molar-refractivity contribution in [3.05, 3.63) is 23.8 Å². The molecule has 0 saturated heterocycles. The summed E-state index contributed by atoms with van der Waals surface area (Å²) < 4.78 is 5.11. The number of amides is 1. The van der Waals surface area contributed by atoms with Gasteiger partial charge >= 0.3 is 6.09 Å². The van der Waals surface area contributed by atoms with E-state index >= 15 is 0 Å². The number of nitrogen functional groups attached to an aromatic ring is 2. The Bertz CT molecular complexity index is 411. The van der Waals surface area contributed by atoms with Crippen LogP contribution < -0.4 is 16.8 Å². The molecular weight excluding hydrogens is 218 g/mol. The second-order valence-corrected chi connectivity index (χ2v) is 4.82. The molecule has 0 aliphatic carbocycles. The molecule has 1 amide bonds. The van der Waals surface area contributed by atoms with Crippen molar-refractivity contribution in [3.8, 4) is 0 Å². The van der Waals surface area contributed by atoms with Crippen molar-refractivity contribution in [1.29, 1.82) is 0 Å². The highest BCUT2D eigenvalue weighted by molar-refractivity contribution is 5.68. The molecule has 0 aromatic heterocycles. The number of carbonyl (C=O) groups excluding carboxylic acids is 1. The number of ether oxygens (including phenoxy) is 1. The first kappa shape index (κ1) is 13.2. The summed E-state index contributed by atoms with van der Waals surface area (Å²) in [6, 6.07) is 5.25. The zero-order chi connectivity index (χ0) is 13.1. The molecule has 1 rings (SSSR count). The minimum atomic E-state index is -0.496. The van der Waals surface area contributed by atoms with Gasteiger partial charge in [0.1, 0.15) is 5.60 Å². The van der Waals surface area contributed by atoms with Crippen molar-refractivity contribution < 1.29 is 9.53 Å². The fourth-order valence-corrected chi connectivity index (χ4v) is 1.22. The van der Waals surface area contributed by atoms with Gasteiger partial charge in [0, 0.05) is 6.54 Å². The number of nitrogens with two attached hydrogens (primary N) is 2. The van der Waals surface area contributed by atoms with E-state index < -0.39 is 11.7 Å². The zero-order valence-corrected chi connectivity index (χ0v) is 10.4. The predicted molar refractivity (Wildman–Crippen MR) is 68.3 cm³/mol. The van der Waals surface area contributed by atoms with Crippen molar-refractivity contribution in [1.82, 2.24) is 5.32 Å². The lowest BCUT2D eigenvalue weighted by molar-refractivity contribution is 0.0523. The Balaban J connectivity index is 2.50. The molecule has 0 atom stereocenters. The van der Waals surface area contributed by atoms with E-state index in [1.807, 2.05) is 26.8 Å². The van der Waals surface area contributed by atoms with Crippen LogP contribution in [0.2, 0.25) is 0 Å². The first-order valence-corrected chi connectivity index (χ1v) is 5.38. The molecule has 0 aliphatic rings. The van der Waals surface area contributed by atoms with Crippen LogP contribution in [-0.4, -0.2) is 11.7 Å². The van der Waals surface area contributed by atoms with Gasteiger partial charge in [0.05, 0.1) is 11.4 Å². The van der Waals surface area contributed by atoms with E-state index in [-0.39, 0.29) is 0 Å². The Kier molecular flexibility index (Phi) is 3.83. The summed E-state index contributed by atoms with van der Waals surface area (Å²) in [4.78, 5) is 11.4. The lowest BCUT2D eigenvalue weighted by Gasteiger charge is -2.19. The van der Waals surface area contributed by atoms with Crippen LogP contribution in [0.15, 0.2) is 18.2 Å². The number of nitrogens with one attached hydrogen (secondary N) is 1. The summed E-state index contributed by atoms with van der Waals surface area (Å²) in [6.45, 7) is 5.80. The maximum Gasteiger partial charge on any atom is 0.407 e. The topological polar surface area (TPSA) is 90.4 Å². The highest BCUT2D eigenvalue weighted by Crippen LogP contribution is 2.15. The molecule has 0 unspecified atom stereocenters. The largest absolute Gasteiger partial charge is 0.444 e. The van der Waals surface area contributed by atoms with Gasteiger partial charge in [-0.3, -0.25) is 0 Å². The van der Waals surface area contributed by atoms with Crippen molar-refractivity contribution in [3.63, 3.8) is 0 Å². The molecule has 5 nitrogen and oxygen atoms in total. The lowest BCUT2D eigenvalue weighted by atomic mass is 10.2. The van der Waals surface area contributed by atoms with E-state index in [4.69, 9.17) is 16.2 Å². The second-order valence-electron chi connectivity index (χ2n) is 4.82. The summed E-state index contributed by atoms with van der Waals surface area (Å²) in [5.41, 5.74) is 12.7.